The van der Waals surface area contributed by atoms with Crippen LogP contribution in [-0.2, 0) is 0 Å². The van der Waals surface area contributed by atoms with E-state index < -0.39 is 6.23 Å². The molecule has 0 bridgehead atoms. The summed E-state index contributed by atoms with van der Waals surface area (Å²) in [7, 11) is 0. The van der Waals surface area contributed by atoms with Crippen molar-refractivity contribution in [1.29, 1.82) is 0 Å². The second-order valence-corrected chi connectivity index (χ2v) is 1.55. The number of hydrogen-bond donors (Lipinski definition) is 2. The van der Waals surface area contributed by atoms with E-state index in [1.807, 2.05) is 0 Å². The van der Waals surface area contributed by atoms with Crippen LogP contribution in [0.15, 0.2) is 37.0 Å². The zero-order valence-corrected chi connectivity index (χ0v) is 5.25. The molecule has 0 aromatic carbocycles. The first-order valence-corrected chi connectivity index (χ1v) is 2.61. The number of hydrogen-bond acceptors (Lipinski definition) is 2. The molecule has 0 aliphatic heterocycles. The van der Waals surface area contributed by atoms with Crippen LogP contribution in [0.2, 0.25) is 0 Å². The Balaban J connectivity index is 4.13. The van der Waals surface area contributed by atoms with Crippen LogP contribution in [0.3, 0.4) is 0 Å². The molecule has 0 aliphatic carbocycles. The van der Waals surface area contributed by atoms with Gasteiger partial charge in [0.2, 0.25) is 0 Å². The lowest BCUT2D eigenvalue weighted by Crippen LogP contribution is -2.20. The van der Waals surface area contributed by atoms with Crippen LogP contribution in [0, 0.1) is 0 Å². The van der Waals surface area contributed by atoms with Crippen LogP contribution in [-0.4, -0.2) is 11.3 Å². The average molecular weight is 125 g/mol. The van der Waals surface area contributed by atoms with E-state index in [0.29, 0.717) is 5.57 Å². The number of rotatable bonds is 3. The van der Waals surface area contributed by atoms with Gasteiger partial charge in [0.15, 0.2) is 0 Å². The van der Waals surface area contributed by atoms with Crippen molar-refractivity contribution in [2.24, 2.45) is 5.73 Å². The summed E-state index contributed by atoms with van der Waals surface area (Å²) < 4.78 is 0. The molecule has 0 amide bonds. The fourth-order valence-electron chi connectivity index (χ4n) is 0.423. The fraction of sp³-hybridized carbons (Fsp3) is 0.143. The molecule has 1 atom stereocenters. The Hall–Kier alpha value is -0.860. The van der Waals surface area contributed by atoms with Crippen LogP contribution in [0.1, 0.15) is 0 Å². The number of aliphatic hydroxyl groups is 1. The molecule has 50 valence electrons. The lowest BCUT2D eigenvalue weighted by atomic mass is 10.2. The SMILES string of the molecule is C=C/C=C(\C=C)C(N)O. The van der Waals surface area contributed by atoms with Crippen molar-refractivity contribution in [3.8, 4) is 0 Å². The molecule has 0 heterocycles. The van der Waals surface area contributed by atoms with Gasteiger partial charge in [0, 0.05) is 0 Å². The minimum Gasteiger partial charge on any atom is -0.375 e. The van der Waals surface area contributed by atoms with Crippen LogP contribution < -0.4 is 5.73 Å². The van der Waals surface area contributed by atoms with Gasteiger partial charge in [-0.2, -0.15) is 0 Å². The van der Waals surface area contributed by atoms with Gasteiger partial charge in [-0.25, -0.2) is 0 Å². The molecule has 0 aromatic heterocycles. The Morgan fingerprint density at radius 1 is 1.56 bits per heavy atom. The predicted octanol–water partition coefficient (Wildman–Crippen LogP) is 0.562. The van der Waals surface area contributed by atoms with Crippen molar-refractivity contribution in [2.45, 2.75) is 6.23 Å². The van der Waals surface area contributed by atoms with Crippen molar-refractivity contribution >= 4 is 0 Å². The first-order chi connectivity index (χ1) is 4.22. The summed E-state index contributed by atoms with van der Waals surface area (Å²) in [6.07, 6.45) is 3.71. The van der Waals surface area contributed by atoms with Crippen molar-refractivity contribution in [1.82, 2.24) is 0 Å². The third-order valence-electron chi connectivity index (χ3n) is 0.888. The Kier molecular flexibility index (Phi) is 3.67. The maximum atomic E-state index is 8.73. The van der Waals surface area contributed by atoms with Crippen molar-refractivity contribution in [2.75, 3.05) is 0 Å². The molecule has 1 unspecified atom stereocenters. The Bertz CT molecular complexity index is 136. The maximum absolute atomic E-state index is 8.73. The van der Waals surface area contributed by atoms with Gasteiger partial charge in [-0.15, -0.1) is 0 Å². The molecule has 0 saturated heterocycles. The first-order valence-electron chi connectivity index (χ1n) is 2.61. The third-order valence-corrected chi connectivity index (χ3v) is 0.888. The fourth-order valence-corrected chi connectivity index (χ4v) is 0.423. The highest BCUT2D eigenvalue weighted by Crippen LogP contribution is 1.97. The molecular formula is C7H11NO. The number of aliphatic hydroxyl groups excluding tert-OH is 1. The van der Waals surface area contributed by atoms with Crippen LogP contribution in [0.5, 0.6) is 0 Å². The van der Waals surface area contributed by atoms with Crippen LogP contribution >= 0.6 is 0 Å². The Labute approximate surface area is 55.0 Å². The third kappa shape index (κ3) is 2.85. The quantitative estimate of drug-likeness (QED) is 0.427. The lowest BCUT2D eigenvalue weighted by Gasteiger charge is -2.01. The molecule has 0 aromatic rings. The van der Waals surface area contributed by atoms with E-state index in [-0.39, 0.29) is 0 Å². The van der Waals surface area contributed by atoms with Crippen molar-refractivity contribution < 1.29 is 5.11 Å². The second kappa shape index (κ2) is 4.06. The zero-order valence-electron chi connectivity index (χ0n) is 5.25. The van der Waals surface area contributed by atoms with Gasteiger partial charge in [-0.05, 0) is 5.57 Å². The minimum absolute atomic E-state index is 0.574. The molecule has 0 spiro atoms. The van der Waals surface area contributed by atoms with Gasteiger partial charge in [0.1, 0.15) is 6.23 Å². The van der Waals surface area contributed by atoms with E-state index in [1.165, 1.54) is 6.08 Å². The van der Waals surface area contributed by atoms with Crippen molar-refractivity contribution in [3.63, 3.8) is 0 Å². The summed E-state index contributed by atoms with van der Waals surface area (Å²) in [4.78, 5) is 0. The normalized spacial score (nSPS) is 14.7. The average Bonchev–Trinajstić information content (AvgIpc) is 1.82. The predicted molar refractivity (Wildman–Crippen MR) is 38.7 cm³/mol. The summed E-state index contributed by atoms with van der Waals surface area (Å²) in [6, 6.07) is 0. The summed E-state index contributed by atoms with van der Waals surface area (Å²) in [5.74, 6) is 0. The molecule has 0 fully saturated rings. The molecule has 0 aliphatic rings. The van der Waals surface area contributed by atoms with E-state index in [1.54, 1.807) is 12.2 Å². The van der Waals surface area contributed by atoms with Crippen molar-refractivity contribution in [3.05, 3.63) is 37.0 Å². The van der Waals surface area contributed by atoms with E-state index in [0.717, 1.165) is 0 Å². The molecule has 0 saturated carbocycles. The van der Waals surface area contributed by atoms with Gasteiger partial charge in [-0.3, -0.25) is 0 Å². The monoisotopic (exact) mass is 125 g/mol. The molecule has 9 heavy (non-hydrogen) atoms. The summed E-state index contributed by atoms with van der Waals surface area (Å²) in [5.41, 5.74) is 5.68. The highest BCUT2D eigenvalue weighted by atomic mass is 16.3. The summed E-state index contributed by atoms with van der Waals surface area (Å²) >= 11 is 0. The molecule has 2 heteroatoms. The maximum Gasteiger partial charge on any atom is 0.128 e. The Morgan fingerprint density at radius 3 is 2.22 bits per heavy atom. The lowest BCUT2D eigenvalue weighted by molar-refractivity contribution is 0.223. The molecular weight excluding hydrogens is 114 g/mol. The van der Waals surface area contributed by atoms with Crippen LogP contribution in [0.25, 0.3) is 0 Å². The number of nitrogens with two attached hydrogens (primary N) is 1. The van der Waals surface area contributed by atoms with Gasteiger partial charge in [0.05, 0.1) is 0 Å². The van der Waals surface area contributed by atoms with Gasteiger partial charge in [0.25, 0.3) is 0 Å². The highest BCUT2D eigenvalue weighted by molar-refractivity contribution is 5.23. The number of allylic oxidation sites excluding steroid dienone is 2. The molecule has 0 rings (SSSR count). The van der Waals surface area contributed by atoms with E-state index in [4.69, 9.17) is 10.8 Å². The highest BCUT2D eigenvalue weighted by Gasteiger charge is 1.96. The van der Waals surface area contributed by atoms with E-state index in [2.05, 4.69) is 13.2 Å². The summed E-state index contributed by atoms with van der Waals surface area (Å²) in [5, 5.41) is 8.73. The van der Waals surface area contributed by atoms with Gasteiger partial charge < -0.3 is 10.8 Å². The van der Waals surface area contributed by atoms with E-state index in [9.17, 15) is 0 Å². The minimum atomic E-state index is -0.944. The van der Waals surface area contributed by atoms with Gasteiger partial charge in [-0.1, -0.05) is 31.4 Å². The van der Waals surface area contributed by atoms with Crippen LogP contribution in [0.4, 0.5) is 0 Å². The molecule has 0 radical (unpaired) electrons. The molecule has 3 N–H and O–H groups in total. The standard InChI is InChI=1S/C7H11NO/c1-3-5-6(4-2)7(8)9/h3-5,7,9H,1-2,8H2/b6-5+. The smallest absolute Gasteiger partial charge is 0.128 e. The molecule has 2 nitrogen and oxygen atoms in total. The topological polar surface area (TPSA) is 46.2 Å². The van der Waals surface area contributed by atoms with Gasteiger partial charge >= 0.3 is 0 Å². The first kappa shape index (κ1) is 8.14. The van der Waals surface area contributed by atoms with E-state index >= 15 is 0 Å². The largest absolute Gasteiger partial charge is 0.375 e. The second-order valence-electron chi connectivity index (χ2n) is 1.55. The Morgan fingerprint density at radius 2 is 2.11 bits per heavy atom. The summed E-state index contributed by atoms with van der Waals surface area (Å²) in [6.45, 7) is 6.88. The zero-order chi connectivity index (χ0) is 7.28.